The van der Waals surface area contributed by atoms with Crippen LogP contribution in [-0.2, 0) is 12.8 Å². The summed E-state index contributed by atoms with van der Waals surface area (Å²) < 4.78 is 0. The minimum absolute atomic E-state index is 0.105. The van der Waals surface area contributed by atoms with Gasteiger partial charge in [-0.15, -0.1) is 0 Å². The zero-order valence-electron chi connectivity index (χ0n) is 11.2. The number of halogens is 1. The topological polar surface area (TPSA) is 42.0 Å². The number of rotatable bonds is 2. The molecule has 4 heteroatoms. The number of aryl methyl sites for hydroxylation is 3. The molecule has 0 atom stereocenters. The third kappa shape index (κ3) is 2.54. The van der Waals surface area contributed by atoms with Crippen molar-refractivity contribution >= 4 is 23.2 Å². The molecule has 1 aliphatic carbocycles. The second-order valence-corrected chi connectivity index (χ2v) is 5.45. The predicted molar refractivity (Wildman–Crippen MR) is 80.4 cm³/mol. The molecule has 1 aromatic heterocycles. The highest BCUT2D eigenvalue weighted by molar-refractivity contribution is 6.29. The van der Waals surface area contributed by atoms with Crippen LogP contribution in [0, 0.1) is 6.92 Å². The summed E-state index contributed by atoms with van der Waals surface area (Å²) in [7, 11) is 0. The Hall–Kier alpha value is -1.87. The summed E-state index contributed by atoms with van der Waals surface area (Å²) in [5.41, 5.74) is 4.77. The monoisotopic (exact) mass is 286 g/mol. The lowest BCUT2D eigenvalue weighted by atomic mass is 10.1. The van der Waals surface area contributed by atoms with E-state index in [9.17, 15) is 4.79 Å². The van der Waals surface area contributed by atoms with Crippen molar-refractivity contribution in [3.63, 3.8) is 0 Å². The predicted octanol–water partition coefficient (Wildman–Crippen LogP) is 3.78. The second-order valence-electron chi connectivity index (χ2n) is 5.06. The molecule has 1 aliphatic rings. The summed E-state index contributed by atoms with van der Waals surface area (Å²) in [6, 6.07) is 9.39. The molecule has 1 heterocycles. The van der Waals surface area contributed by atoms with Crippen LogP contribution < -0.4 is 5.32 Å². The minimum atomic E-state index is -0.105. The van der Waals surface area contributed by atoms with Gasteiger partial charge in [-0.3, -0.25) is 4.79 Å². The number of pyridine rings is 1. The van der Waals surface area contributed by atoms with Gasteiger partial charge in [0.2, 0.25) is 0 Å². The zero-order valence-corrected chi connectivity index (χ0v) is 12.0. The maximum absolute atomic E-state index is 12.3. The minimum Gasteiger partial charge on any atom is -0.320 e. The summed E-state index contributed by atoms with van der Waals surface area (Å²) in [6.07, 6.45) is 3.37. The van der Waals surface area contributed by atoms with E-state index in [1.54, 1.807) is 12.1 Å². The van der Waals surface area contributed by atoms with Crippen LogP contribution in [0.15, 0.2) is 30.3 Å². The second kappa shape index (κ2) is 5.25. The SMILES string of the molecule is Cc1nc(Cl)ccc1NC(=O)c1ccc2c(c1)CCC2. The fourth-order valence-corrected chi connectivity index (χ4v) is 2.76. The van der Waals surface area contributed by atoms with E-state index in [0.717, 1.165) is 12.8 Å². The van der Waals surface area contributed by atoms with Crippen molar-refractivity contribution in [3.8, 4) is 0 Å². The fraction of sp³-hybridized carbons (Fsp3) is 0.250. The highest BCUT2D eigenvalue weighted by atomic mass is 35.5. The first-order chi connectivity index (χ1) is 9.63. The Balaban J connectivity index is 1.82. The van der Waals surface area contributed by atoms with Gasteiger partial charge in [0.1, 0.15) is 5.15 Å². The van der Waals surface area contributed by atoms with Gasteiger partial charge in [-0.05, 0) is 61.6 Å². The zero-order chi connectivity index (χ0) is 14.1. The van der Waals surface area contributed by atoms with Crippen LogP contribution in [0.2, 0.25) is 5.15 Å². The molecule has 0 unspecified atom stereocenters. The van der Waals surface area contributed by atoms with Crippen LogP contribution in [0.5, 0.6) is 0 Å². The van der Waals surface area contributed by atoms with E-state index >= 15 is 0 Å². The van der Waals surface area contributed by atoms with Crippen molar-refractivity contribution in [1.29, 1.82) is 0 Å². The molecule has 0 saturated carbocycles. The molecule has 1 amide bonds. The maximum atomic E-state index is 12.3. The normalized spacial score (nSPS) is 13.1. The fourth-order valence-electron chi connectivity index (χ4n) is 2.57. The number of hydrogen-bond acceptors (Lipinski definition) is 2. The van der Waals surface area contributed by atoms with Crippen molar-refractivity contribution in [1.82, 2.24) is 4.98 Å². The molecule has 20 heavy (non-hydrogen) atoms. The molecule has 0 fully saturated rings. The van der Waals surface area contributed by atoms with Gasteiger partial charge in [-0.25, -0.2) is 4.98 Å². The van der Waals surface area contributed by atoms with Crippen LogP contribution in [0.25, 0.3) is 0 Å². The average Bonchev–Trinajstić information content (AvgIpc) is 2.89. The van der Waals surface area contributed by atoms with Crippen LogP contribution in [0.4, 0.5) is 5.69 Å². The number of carbonyl (C=O) groups excluding carboxylic acids is 1. The molecule has 2 aromatic rings. The number of fused-ring (bicyclic) bond motifs is 1. The molecule has 3 nitrogen and oxygen atoms in total. The molecule has 0 bridgehead atoms. The number of nitrogens with zero attached hydrogens (tertiary/aromatic N) is 1. The van der Waals surface area contributed by atoms with Crippen LogP contribution in [0.3, 0.4) is 0 Å². The molecular weight excluding hydrogens is 272 g/mol. The van der Waals surface area contributed by atoms with Gasteiger partial charge >= 0.3 is 0 Å². The molecule has 0 spiro atoms. The average molecular weight is 287 g/mol. The summed E-state index contributed by atoms with van der Waals surface area (Å²) in [6.45, 7) is 1.82. The van der Waals surface area contributed by atoms with Crippen molar-refractivity contribution in [3.05, 3.63) is 57.9 Å². The maximum Gasteiger partial charge on any atom is 0.255 e. The number of aromatic nitrogens is 1. The molecule has 102 valence electrons. The van der Waals surface area contributed by atoms with Crippen molar-refractivity contribution in [2.45, 2.75) is 26.2 Å². The lowest BCUT2D eigenvalue weighted by Crippen LogP contribution is -2.13. The number of carbonyl (C=O) groups is 1. The summed E-state index contributed by atoms with van der Waals surface area (Å²) in [5, 5.41) is 3.31. The Labute approximate surface area is 123 Å². The van der Waals surface area contributed by atoms with Gasteiger partial charge in [0.15, 0.2) is 0 Å². The molecule has 1 N–H and O–H groups in total. The molecule has 1 aromatic carbocycles. The molecule has 0 saturated heterocycles. The first-order valence-electron chi connectivity index (χ1n) is 6.70. The van der Waals surface area contributed by atoms with E-state index in [0.29, 0.717) is 22.1 Å². The van der Waals surface area contributed by atoms with E-state index in [1.807, 2.05) is 19.1 Å². The van der Waals surface area contributed by atoms with Crippen molar-refractivity contribution in [2.24, 2.45) is 0 Å². The molecule has 0 radical (unpaired) electrons. The van der Waals surface area contributed by atoms with Gasteiger partial charge in [-0.2, -0.15) is 0 Å². The van der Waals surface area contributed by atoms with E-state index in [2.05, 4.69) is 16.4 Å². The number of amides is 1. The standard InChI is InChI=1S/C16H15ClN2O/c1-10-14(7-8-15(17)18-10)19-16(20)13-6-5-11-3-2-4-12(11)9-13/h5-9H,2-4H2,1H3,(H,19,20). The van der Waals surface area contributed by atoms with Gasteiger partial charge < -0.3 is 5.32 Å². The first kappa shape index (κ1) is 13.1. The first-order valence-corrected chi connectivity index (χ1v) is 7.07. The Kier molecular flexibility index (Phi) is 3.45. The number of hydrogen-bond donors (Lipinski definition) is 1. The Morgan fingerprint density at radius 3 is 2.80 bits per heavy atom. The van der Waals surface area contributed by atoms with E-state index in [4.69, 9.17) is 11.6 Å². The highest BCUT2D eigenvalue weighted by Crippen LogP contribution is 2.23. The van der Waals surface area contributed by atoms with E-state index in [-0.39, 0.29) is 5.91 Å². The Morgan fingerprint density at radius 1 is 1.20 bits per heavy atom. The summed E-state index contributed by atoms with van der Waals surface area (Å²) in [4.78, 5) is 16.4. The molecular formula is C16H15ClN2O. The summed E-state index contributed by atoms with van der Waals surface area (Å²) >= 11 is 5.81. The number of anilines is 1. The van der Waals surface area contributed by atoms with Crippen LogP contribution in [0.1, 0.15) is 33.6 Å². The third-order valence-corrected chi connectivity index (χ3v) is 3.87. The largest absolute Gasteiger partial charge is 0.320 e. The summed E-state index contributed by atoms with van der Waals surface area (Å²) in [5.74, 6) is -0.105. The van der Waals surface area contributed by atoms with Crippen molar-refractivity contribution < 1.29 is 4.79 Å². The van der Waals surface area contributed by atoms with Gasteiger partial charge in [0.05, 0.1) is 11.4 Å². The lowest BCUT2D eigenvalue weighted by molar-refractivity contribution is 0.102. The van der Waals surface area contributed by atoms with Crippen LogP contribution >= 0.6 is 11.6 Å². The van der Waals surface area contributed by atoms with Gasteiger partial charge in [0, 0.05) is 5.56 Å². The van der Waals surface area contributed by atoms with Crippen molar-refractivity contribution in [2.75, 3.05) is 5.32 Å². The van der Waals surface area contributed by atoms with E-state index in [1.165, 1.54) is 17.5 Å². The molecule has 0 aliphatic heterocycles. The Bertz CT molecular complexity index is 682. The third-order valence-electron chi connectivity index (χ3n) is 3.66. The highest BCUT2D eigenvalue weighted by Gasteiger charge is 2.14. The number of nitrogens with one attached hydrogen (secondary N) is 1. The molecule has 3 rings (SSSR count). The lowest BCUT2D eigenvalue weighted by Gasteiger charge is -2.09. The number of benzene rings is 1. The smallest absolute Gasteiger partial charge is 0.255 e. The van der Waals surface area contributed by atoms with Gasteiger partial charge in [-0.1, -0.05) is 17.7 Å². The van der Waals surface area contributed by atoms with Crippen LogP contribution in [-0.4, -0.2) is 10.9 Å². The quantitative estimate of drug-likeness (QED) is 0.854. The van der Waals surface area contributed by atoms with Gasteiger partial charge in [0.25, 0.3) is 5.91 Å². The van der Waals surface area contributed by atoms with E-state index < -0.39 is 0 Å². The Morgan fingerprint density at radius 2 is 2.00 bits per heavy atom.